The zero-order valence-corrected chi connectivity index (χ0v) is 9.73. The molecule has 0 amide bonds. The zero-order valence-electron chi connectivity index (χ0n) is 9.73. The van der Waals surface area contributed by atoms with Crippen LogP contribution in [0.5, 0.6) is 0 Å². The van der Waals surface area contributed by atoms with E-state index < -0.39 is 17.9 Å². The summed E-state index contributed by atoms with van der Waals surface area (Å²) in [7, 11) is 0. The van der Waals surface area contributed by atoms with Crippen LogP contribution in [0.3, 0.4) is 0 Å². The van der Waals surface area contributed by atoms with Crippen LogP contribution in [0, 0.1) is 23.7 Å². The molecule has 0 radical (unpaired) electrons. The molecule has 0 fully saturated rings. The highest BCUT2D eigenvalue weighted by Gasteiger charge is 2.34. The maximum absolute atomic E-state index is 11.1. The van der Waals surface area contributed by atoms with Crippen LogP contribution < -0.4 is 0 Å². The van der Waals surface area contributed by atoms with Gasteiger partial charge in [0.1, 0.15) is 0 Å². The molecule has 0 spiro atoms. The van der Waals surface area contributed by atoms with Gasteiger partial charge in [-0.2, -0.15) is 0 Å². The lowest BCUT2D eigenvalue weighted by atomic mass is 9.75. The molecule has 2 atom stereocenters. The molecule has 0 aliphatic heterocycles. The van der Waals surface area contributed by atoms with Gasteiger partial charge in [0.15, 0.2) is 0 Å². The second-order valence-electron chi connectivity index (χ2n) is 4.61. The first-order chi connectivity index (χ1) is 6.77. The fraction of sp³-hybridized carbons (Fsp3) is 0.818. The van der Waals surface area contributed by atoms with Gasteiger partial charge in [-0.05, 0) is 17.8 Å². The van der Waals surface area contributed by atoms with Crippen molar-refractivity contribution in [3.8, 4) is 0 Å². The van der Waals surface area contributed by atoms with Crippen molar-refractivity contribution in [3.05, 3.63) is 0 Å². The van der Waals surface area contributed by atoms with Crippen molar-refractivity contribution in [3.63, 3.8) is 0 Å². The number of carboxylic acid groups (broad SMARTS) is 2. The molecule has 88 valence electrons. The Balaban J connectivity index is 4.84. The third kappa shape index (κ3) is 4.32. The molecule has 4 heteroatoms. The van der Waals surface area contributed by atoms with Gasteiger partial charge in [0, 0.05) is 6.42 Å². The average Bonchev–Trinajstić information content (AvgIpc) is 2.00. The van der Waals surface area contributed by atoms with Crippen LogP contribution in [-0.4, -0.2) is 22.2 Å². The smallest absolute Gasteiger partial charge is 0.307 e. The van der Waals surface area contributed by atoms with E-state index in [-0.39, 0.29) is 24.2 Å². The predicted octanol–water partition coefficient (Wildman–Crippen LogP) is 2.09. The van der Waals surface area contributed by atoms with Gasteiger partial charge < -0.3 is 10.2 Å². The van der Waals surface area contributed by atoms with E-state index in [4.69, 9.17) is 10.2 Å². The number of aliphatic carboxylic acids is 2. The van der Waals surface area contributed by atoms with Gasteiger partial charge in [0.2, 0.25) is 0 Å². The van der Waals surface area contributed by atoms with Crippen LogP contribution >= 0.6 is 0 Å². The first-order valence-corrected chi connectivity index (χ1v) is 5.22. The van der Waals surface area contributed by atoms with E-state index in [1.165, 1.54) is 0 Å². The molecule has 0 saturated carbocycles. The first kappa shape index (κ1) is 13.9. The second kappa shape index (κ2) is 5.73. The van der Waals surface area contributed by atoms with Gasteiger partial charge in [-0.25, -0.2) is 0 Å². The molecular weight excluding hydrogens is 196 g/mol. The molecule has 0 heterocycles. The third-order valence-corrected chi connectivity index (χ3v) is 2.73. The van der Waals surface area contributed by atoms with E-state index in [1.54, 1.807) is 0 Å². The second-order valence-corrected chi connectivity index (χ2v) is 4.61. The molecule has 2 unspecified atom stereocenters. The van der Waals surface area contributed by atoms with E-state index in [2.05, 4.69) is 0 Å². The highest BCUT2D eigenvalue weighted by atomic mass is 16.4. The third-order valence-electron chi connectivity index (χ3n) is 2.73. The summed E-state index contributed by atoms with van der Waals surface area (Å²) >= 11 is 0. The van der Waals surface area contributed by atoms with Gasteiger partial charge in [-0.1, -0.05) is 27.7 Å². The summed E-state index contributed by atoms with van der Waals surface area (Å²) in [5.74, 6) is -2.70. The van der Waals surface area contributed by atoms with Gasteiger partial charge in [-0.15, -0.1) is 0 Å². The van der Waals surface area contributed by atoms with Gasteiger partial charge in [-0.3, -0.25) is 9.59 Å². The first-order valence-electron chi connectivity index (χ1n) is 5.22. The lowest BCUT2D eigenvalue weighted by Gasteiger charge is -2.28. The number of hydrogen-bond donors (Lipinski definition) is 2. The standard InChI is InChI=1S/C11H20O4/c1-6(2)8(5-9(12)13)10(7(3)4)11(14)15/h6-8,10H,5H2,1-4H3,(H,12,13)(H,14,15). The number of rotatable bonds is 6. The fourth-order valence-electron chi connectivity index (χ4n) is 1.94. The minimum Gasteiger partial charge on any atom is -0.481 e. The SMILES string of the molecule is CC(C)C(CC(=O)O)C(C(=O)O)C(C)C. The Labute approximate surface area is 90.3 Å². The van der Waals surface area contributed by atoms with Crippen LogP contribution in [0.15, 0.2) is 0 Å². The highest BCUT2D eigenvalue weighted by Crippen LogP contribution is 2.30. The number of carbonyl (C=O) groups is 2. The largest absolute Gasteiger partial charge is 0.481 e. The Kier molecular flexibility index (Phi) is 5.33. The molecule has 4 nitrogen and oxygen atoms in total. The van der Waals surface area contributed by atoms with E-state index in [9.17, 15) is 9.59 Å². The Morgan fingerprint density at radius 3 is 1.67 bits per heavy atom. The number of hydrogen-bond acceptors (Lipinski definition) is 2. The molecule has 15 heavy (non-hydrogen) atoms. The molecule has 0 aromatic heterocycles. The van der Waals surface area contributed by atoms with Crippen molar-refractivity contribution < 1.29 is 19.8 Å². The van der Waals surface area contributed by atoms with Crippen molar-refractivity contribution >= 4 is 11.9 Å². The maximum Gasteiger partial charge on any atom is 0.307 e. The topological polar surface area (TPSA) is 74.6 Å². The van der Waals surface area contributed by atoms with E-state index >= 15 is 0 Å². The molecule has 0 aliphatic carbocycles. The minimum atomic E-state index is -0.930. The monoisotopic (exact) mass is 216 g/mol. The molecule has 0 aromatic carbocycles. The summed E-state index contributed by atoms with van der Waals surface area (Å²) in [6.45, 7) is 7.36. The van der Waals surface area contributed by atoms with Crippen LogP contribution in [0.2, 0.25) is 0 Å². The maximum atomic E-state index is 11.1. The van der Waals surface area contributed by atoms with E-state index in [1.807, 2.05) is 27.7 Å². The lowest BCUT2D eigenvalue weighted by molar-refractivity contribution is -0.148. The zero-order chi connectivity index (χ0) is 12.2. The Morgan fingerprint density at radius 2 is 1.47 bits per heavy atom. The van der Waals surface area contributed by atoms with Crippen molar-refractivity contribution in [2.75, 3.05) is 0 Å². The molecule has 0 aliphatic rings. The highest BCUT2D eigenvalue weighted by molar-refractivity contribution is 5.73. The summed E-state index contributed by atoms with van der Waals surface area (Å²) in [4.78, 5) is 21.7. The predicted molar refractivity (Wildman–Crippen MR) is 56.5 cm³/mol. The van der Waals surface area contributed by atoms with Gasteiger partial charge in [0.05, 0.1) is 5.92 Å². The van der Waals surface area contributed by atoms with Crippen LogP contribution in [0.4, 0.5) is 0 Å². The lowest BCUT2D eigenvalue weighted by Crippen LogP contribution is -2.33. The van der Waals surface area contributed by atoms with Gasteiger partial charge in [0.25, 0.3) is 0 Å². The molecule has 0 bridgehead atoms. The average molecular weight is 216 g/mol. The van der Waals surface area contributed by atoms with Crippen molar-refractivity contribution in [2.24, 2.45) is 23.7 Å². The summed E-state index contributed by atoms with van der Waals surface area (Å²) in [6.07, 6.45) is -0.0766. The summed E-state index contributed by atoms with van der Waals surface area (Å²) in [6, 6.07) is 0. The molecule has 0 rings (SSSR count). The summed E-state index contributed by atoms with van der Waals surface area (Å²) in [5.41, 5.74) is 0. The molecule has 0 aromatic rings. The number of carboxylic acids is 2. The quantitative estimate of drug-likeness (QED) is 0.713. The molecule has 2 N–H and O–H groups in total. The Hall–Kier alpha value is -1.06. The van der Waals surface area contributed by atoms with Crippen LogP contribution in [0.25, 0.3) is 0 Å². The van der Waals surface area contributed by atoms with Crippen LogP contribution in [0.1, 0.15) is 34.1 Å². The summed E-state index contributed by atoms with van der Waals surface area (Å²) in [5, 5.41) is 17.8. The van der Waals surface area contributed by atoms with Crippen LogP contribution in [-0.2, 0) is 9.59 Å². The summed E-state index contributed by atoms with van der Waals surface area (Å²) < 4.78 is 0. The van der Waals surface area contributed by atoms with E-state index in [0.717, 1.165) is 0 Å². The Bertz CT molecular complexity index is 233. The van der Waals surface area contributed by atoms with Crippen molar-refractivity contribution in [2.45, 2.75) is 34.1 Å². The molecular formula is C11H20O4. The van der Waals surface area contributed by atoms with Gasteiger partial charge >= 0.3 is 11.9 Å². The minimum absolute atomic E-state index is 0.0470. The van der Waals surface area contributed by atoms with Crippen molar-refractivity contribution in [1.82, 2.24) is 0 Å². The fourth-order valence-corrected chi connectivity index (χ4v) is 1.94. The van der Waals surface area contributed by atoms with Crippen molar-refractivity contribution in [1.29, 1.82) is 0 Å². The Morgan fingerprint density at radius 1 is 1.00 bits per heavy atom. The van der Waals surface area contributed by atoms with E-state index in [0.29, 0.717) is 0 Å². The molecule has 0 saturated heterocycles. The normalized spacial score (nSPS) is 15.3.